The molecule has 3 aromatic heterocycles. The number of fused-ring (bicyclic) bond motifs is 1. The molecule has 3 aliphatic heterocycles. The average Bonchev–Trinajstić information content (AvgIpc) is 3.73. The molecule has 0 spiro atoms. The van der Waals surface area contributed by atoms with Gasteiger partial charge < -0.3 is 34.6 Å². The normalized spacial score (nSPS) is 16.2. The summed E-state index contributed by atoms with van der Waals surface area (Å²) in [4.78, 5) is 80.6. The number of nitrogens with two attached hydrogens (primary N) is 1. The van der Waals surface area contributed by atoms with Gasteiger partial charge in [-0.2, -0.15) is 0 Å². The number of anilines is 3. The van der Waals surface area contributed by atoms with E-state index in [0.29, 0.717) is 151 Å². The summed E-state index contributed by atoms with van der Waals surface area (Å²) in [6.45, 7) is 14.8. The lowest BCUT2D eigenvalue weighted by Gasteiger charge is -2.36. The number of imide groups is 1. The monoisotopic (exact) mass is 994 g/mol. The van der Waals surface area contributed by atoms with Crippen molar-refractivity contribution in [1.29, 1.82) is 0 Å². The van der Waals surface area contributed by atoms with Gasteiger partial charge in [0.2, 0.25) is 17.7 Å². The van der Waals surface area contributed by atoms with Crippen molar-refractivity contribution in [2.24, 2.45) is 0 Å². The minimum atomic E-state index is -0.291. The summed E-state index contributed by atoms with van der Waals surface area (Å²) >= 11 is 0. The third-order valence-electron chi connectivity index (χ3n) is 12.6. The Hall–Kier alpha value is -6.71. The van der Waals surface area contributed by atoms with E-state index >= 15 is 4.39 Å². The number of nitrogen functional groups attached to an aromatic ring is 1. The molecule has 0 bridgehead atoms. The molecule has 0 radical (unpaired) electrons. The molecule has 386 valence electrons. The van der Waals surface area contributed by atoms with Crippen LogP contribution in [0.1, 0.15) is 59.7 Å². The Morgan fingerprint density at radius 2 is 1.46 bits per heavy atom. The molecular weight excluding hydrogens is 926 g/mol. The van der Waals surface area contributed by atoms with Crippen molar-refractivity contribution in [2.75, 3.05) is 128 Å². The topological polar surface area (TPSA) is 211 Å². The Balaban J connectivity index is 0.000000571. The van der Waals surface area contributed by atoms with E-state index in [1.54, 1.807) is 30.5 Å². The second-order valence-electron chi connectivity index (χ2n) is 17.4. The largest absolute Gasteiger partial charge is 0.384 e. The maximum absolute atomic E-state index is 15.7. The van der Waals surface area contributed by atoms with Gasteiger partial charge in [-0.15, -0.1) is 0 Å². The summed E-state index contributed by atoms with van der Waals surface area (Å²) < 4.78 is 34.6. The lowest BCUT2D eigenvalue weighted by molar-refractivity contribution is -0.137. The zero-order valence-corrected chi connectivity index (χ0v) is 42.1. The second-order valence-corrected chi connectivity index (χ2v) is 17.4. The molecule has 3 N–H and O–H groups in total. The Morgan fingerprint density at radius 1 is 0.792 bits per heavy atom. The van der Waals surface area contributed by atoms with Crippen molar-refractivity contribution < 1.29 is 42.6 Å². The second kappa shape index (κ2) is 27.2. The number of nitrogens with zero attached hydrogens (tertiary/aromatic N) is 9. The van der Waals surface area contributed by atoms with Crippen LogP contribution in [0.4, 0.5) is 21.6 Å². The SMILES string of the molecule is CC.CN(C)C1CCC(=O)NC1=O.Cc1nc2ccc(-c3ccnc(N)c3)nc2n1-c1ccc(N2CCN(CCOCCOCCOCCC(=O)N3CCN(c4ccc(C=O)c(C=O)c4)CC3)CC2)c(F)c1. The number of piperidine rings is 1. The Bertz CT molecular complexity index is 2610. The van der Waals surface area contributed by atoms with E-state index in [2.05, 4.69) is 30.0 Å². The third-order valence-corrected chi connectivity index (χ3v) is 12.6. The van der Waals surface area contributed by atoms with Crippen LogP contribution < -0.4 is 20.9 Å². The Labute approximate surface area is 420 Å². The fraction of sp³-hybridized carbons (Fsp3) is 0.462. The van der Waals surface area contributed by atoms with Crippen LogP contribution in [0.25, 0.3) is 28.1 Å². The van der Waals surface area contributed by atoms with Crippen LogP contribution in [0.3, 0.4) is 0 Å². The van der Waals surface area contributed by atoms with Gasteiger partial charge in [-0.05, 0) is 82.0 Å². The summed E-state index contributed by atoms with van der Waals surface area (Å²) in [7, 11) is 3.67. The number of benzene rings is 2. The highest BCUT2D eigenvalue weighted by atomic mass is 19.1. The molecule has 6 heterocycles. The number of piperazine rings is 2. The zero-order chi connectivity index (χ0) is 51.6. The van der Waals surface area contributed by atoms with E-state index in [1.807, 2.05) is 85.6 Å². The zero-order valence-electron chi connectivity index (χ0n) is 42.1. The molecular formula is C52H68FN11O8. The molecule has 19 nitrogen and oxygen atoms in total. The van der Waals surface area contributed by atoms with E-state index < -0.39 is 0 Å². The number of imidazole rings is 1. The number of halogens is 1. The maximum Gasteiger partial charge on any atom is 0.243 e. The molecule has 8 rings (SSSR count). The van der Waals surface area contributed by atoms with Gasteiger partial charge in [0, 0.05) is 100.0 Å². The number of carbonyl (C=O) groups excluding carboxylic acids is 5. The van der Waals surface area contributed by atoms with Gasteiger partial charge in [-0.3, -0.25) is 43.7 Å². The highest BCUT2D eigenvalue weighted by Crippen LogP contribution is 2.29. The molecule has 3 saturated heterocycles. The number of amides is 3. The van der Waals surface area contributed by atoms with Crippen molar-refractivity contribution in [1.82, 2.24) is 39.5 Å². The minimum Gasteiger partial charge on any atom is -0.384 e. The smallest absolute Gasteiger partial charge is 0.243 e. The van der Waals surface area contributed by atoms with Crippen LogP contribution in [-0.4, -0.2) is 183 Å². The van der Waals surface area contributed by atoms with E-state index in [9.17, 15) is 24.0 Å². The number of aryl methyl sites for hydroxylation is 1. The minimum absolute atomic E-state index is 0.0450. The summed E-state index contributed by atoms with van der Waals surface area (Å²) in [5.41, 5.74) is 11.7. The van der Waals surface area contributed by atoms with E-state index in [4.69, 9.17) is 24.9 Å². The first-order valence-electron chi connectivity index (χ1n) is 24.6. The number of hydrogen-bond donors (Lipinski definition) is 2. The number of nitrogens with one attached hydrogen (secondary N) is 1. The summed E-state index contributed by atoms with van der Waals surface area (Å²) in [5.74, 6) is 0.545. The molecule has 5 aromatic rings. The first-order valence-corrected chi connectivity index (χ1v) is 24.6. The number of aldehydes is 2. The van der Waals surface area contributed by atoms with Gasteiger partial charge in [-0.1, -0.05) is 13.8 Å². The summed E-state index contributed by atoms with van der Waals surface area (Å²) in [5, 5.41) is 2.29. The average molecular weight is 994 g/mol. The Morgan fingerprint density at radius 3 is 2.11 bits per heavy atom. The van der Waals surface area contributed by atoms with Crippen LogP contribution in [-0.2, 0) is 28.6 Å². The maximum atomic E-state index is 15.7. The molecule has 1 atom stereocenters. The molecule has 1 unspecified atom stereocenters. The quantitative estimate of drug-likeness (QED) is 0.0666. The first kappa shape index (κ1) is 54.6. The lowest BCUT2D eigenvalue weighted by atomic mass is 10.1. The molecule has 0 aliphatic carbocycles. The van der Waals surface area contributed by atoms with Gasteiger partial charge >= 0.3 is 0 Å². The molecule has 3 aliphatic rings. The van der Waals surface area contributed by atoms with Crippen molar-refractivity contribution in [3.05, 3.63) is 89.6 Å². The molecule has 2 aromatic carbocycles. The van der Waals surface area contributed by atoms with Gasteiger partial charge in [0.1, 0.15) is 23.0 Å². The summed E-state index contributed by atoms with van der Waals surface area (Å²) in [6.07, 6.45) is 4.40. The number of carbonyl (C=O) groups is 5. The summed E-state index contributed by atoms with van der Waals surface area (Å²) in [6, 6.07) is 17.8. The molecule has 20 heteroatoms. The van der Waals surface area contributed by atoms with Crippen LogP contribution in [0.15, 0.2) is 66.9 Å². The predicted molar refractivity (Wildman–Crippen MR) is 274 cm³/mol. The highest BCUT2D eigenvalue weighted by molar-refractivity contribution is 6.00. The fourth-order valence-electron chi connectivity index (χ4n) is 8.66. The lowest BCUT2D eigenvalue weighted by Crippen LogP contribution is -2.50. The van der Waals surface area contributed by atoms with Gasteiger partial charge in [0.25, 0.3) is 0 Å². The first-order chi connectivity index (χ1) is 34.9. The van der Waals surface area contributed by atoms with Gasteiger partial charge in [0.15, 0.2) is 18.2 Å². The molecule has 0 saturated carbocycles. The number of likely N-dealkylation sites (N-methyl/N-ethyl adjacent to an activating group) is 1. The Kier molecular flexibility index (Phi) is 20.6. The van der Waals surface area contributed by atoms with Crippen LogP contribution >= 0.6 is 0 Å². The third kappa shape index (κ3) is 14.7. The van der Waals surface area contributed by atoms with Crippen LogP contribution in [0.5, 0.6) is 0 Å². The molecule has 72 heavy (non-hydrogen) atoms. The standard InChI is InChI=1S/C43H50FN9O6.C7H12N2O2.C2H6/c1-31-47-39-6-5-38(32-8-10-46-41(45)27-32)48-43(39)53(31)36-4-7-40(37(44)28-36)51-13-11-49(12-14-51)19-21-58-23-25-59-24-22-57-20-9-42(56)52-17-15-50(16-18-52)35-3-2-33(29-54)34(26-35)30-55;1-9(2)5-3-4-6(10)8-7(5)11;1-2/h2-8,10,26-30H,9,11-25H2,1H3,(H2,45,46);5H,3-4H2,1-2H3,(H,8,10,11);1-2H3. The van der Waals surface area contributed by atoms with Crippen molar-refractivity contribution >= 4 is 58.7 Å². The number of aromatic nitrogens is 4. The number of rotatable bonds is 19. The predicted octanol–water partition coefficient (Wildman–Crippen LogP) is 4.43. The van der Waals surface area contributed by atoms with Gasteiger partial charge in [-0.25, -0.2) is 19.3 Å². The van der Waals surface area contributed by atoms with E-state index in [-0.39, 0.29) is 29.6 Å². The highest BCUT2D eigenvalue weighted by Gasteiger charge is 2.28. The van der Waals surface area contributed by atoms with Crippen LogP contribution in [0, 0.1) is 12.7 Å². The molecule has 3 amide bonds. The van der Waals surface area contributed by atoms with Crippen LogP contribution in [0.2, 0.25) is 0 Å². The molecule has 3 fully saturated rings. The number of hydrogen-bond acceptors (Lipinski definition) is 16. The fourth-order valence-corrected chi connectivity index (χ4v) is 8.66. The number of pyridine rings is 2. The van der Waals surface area contributed by atoms with Crippen molar-refractivity contribution in [2.45, 2.75) is 46.1 Å². The van der Waals surface area contributed by atoms with Crippen molar-refractivity contribution in [3.8, 4) is 16.9 Å². The van der Waals surface area contributed by atoms with E-state index in [0.717, 1.165) is 42.1 Å². The van der Waals surface area contributed by atoms with Crippen molar-refractivity contribution in [3.63, 3.8) is 0 Å². The van der Waals surface area contributed by atoms with Gasteiger partial charge in [0.05, 0.1) is 69.2 Å². The number of ether oxygens (including phenoxy) is 3. The van der Waals surface area contributed by atoms with E-state index in [1.165, 1.54) is 0 Å².